The van der Waals surface area contributed by atoms with E-state index in [1.54, 1.807) is 18.3 Å². The summed E-state index contributed by atoms with van der Waals surface area (Å²) in [4.78, 5) is 14.3. The number of ether oxygens (including phenoxy) is 1. The van der Waals surface area contributed by atoms with Crippen molar-refractivity contribution >= 4 is 5.91 Å². The first-order valence-corrected chi connectivity index (χ1v) is 6.76. The van der Waals surface area contributed by atoms with Gasteiger partial charge in [0.25, 0.3) is 5.91 Å². The highest BCUT2D eigenvalue weighted by Crippen LogP contribution is 2.30. The molecule has 0 saturated heterocycles. The SMILES string of the molecule is O=C(NCC(O)COc1ccc(C(F)(F)F)cc1)c1ccc[nH]1. The number of nitrogens with one attached hydrogen (secondary N) is 2. The Balaban J connectivity index is 1.76. The second kappa shape index (κ2) is 7.19. The van der Waals surface area contributed by atoms with Crippen molar-refractivity contribution in [2.24, 2.45) is 0 Å². The minimum absolute atomic E-state index is 0.0432. The van der Waals surface area contributed by atoms with Gasteiger partial charge in [0.05, 0.1) is 5.56 Å². The van der Waals surface area contributed by atoms with E-state index in [0.29, 0.717) is 5.69 Å². The van der Waals surface area contributed by atoms with Gasteiger partial charge in [-0.25, -0.2) is 0 Å². The molecular formula is C15H15F3N2O3. The smallest absolute Gasteiger partial charge is 0.416 e. The molecule has 0 aliphatic rings. The van der Waals surface area contributed by atoms with Crippen LogP contribution in [-0.4, -0.2) is 35.3 Å². The predicted molar refractivity (Wildman–Crippen MR) is 76.1 cm³/mol. The second-order valence-electron chi connectivity index (χ2n) is 4.78. The van der Waals surface area contributed by atoms with Gasteiger partial charge in [0.1, 0.15) is 24.2 Å². The molecule has 1 heterocycles. The number of halogens is 3. The first-order valence-electron chi connectivity index (χ1n) is 6.76. The number of hydrogen-bond donors (Lipinski definition) is 3. The molecule has 1 atom stereocenters. The van der Waals surface area contributed by atoms with Gasteiger partial charge in [-0.1, -0.05) is 0 Å². The van der Waals surface area contributed by atoms with Crippen molar-refractivity contribution in [3.63, 3.8) is 0 Å². The molecule has 1 amide bonds. The predicted octanol–water partition coefficient (Wildman–Crippen LogP) is 2.20. The number of benzene rings is 1. The van der Waals surface area contributed by atoms with Crippen LogP contribution in [0.5, 0.6) is 5.75 Å². The van der Waals surface area contributed by atoms with Crippen molar-refractivity contribution in [3.8, 4) is 5.75 Å². The van der Waals surface area contributed by atoms with Gasteiger partial charge < -0.3 is 20.1 Å². The summed E-state index contributed by atoms with van der Waals surface area (Å²) < 4.78 is 42.4. The minimum atomic E-state index is -4.40. The van der Waals surface area contributed by atoms with Crippen LogP contribution in [0.25, 0.3) is 0 Å². The number of aromatic amines is 1. The second-order valence-corrected chi connectivity index (χ2v) is 4.78. The molecular weight excluding hydrogens is 313 g/mol. The maximum absolute atomic E-state index is 12.4. The van der Waals surface area contributed by atoms with Crippen LogP contribution >= 0.6 is 0 Å². The molecule has 0 bridgehead atoms. The average molecular weight is 328 g/mol. The number of carbonyl (C=O) groups is 1. The molecule has 0 spiro atoms. The van der Waals surface area contributed by atoms with E-state index in [1.807, 2.05) is 0 Å². The number of carbonyl (C=O) groups excluding carboxylic acids is 1. The van der Waals surface area contributed by atoms with Crippen LogP contribution in [0.3, 0.4) is 0 Å². The molecule has 1 unspecified atom stereocenters. The zero-order chi connectivity index (χ0) is 16.9. The van der Waals surface area contributed by atoms with E-state index in [0.717, 1.165) is 12.1 Å². The molecule has 2 aromatic rings. The van der Waals surface area contributed by atoms with Crippen LogP contribution in [-0.2, 0) is 6.18 Å². The standard InChI is InChI=1S/C15H15F3N2O3/c16-15(17,18)10-3-5-12(6-4-10)23-9-11(21)8-20-14(22)13-2-1-7-19-13/h1-7,11,19,21H,8-9H2,(H,20,22). The molecule has 5 nitrogen and oxygen atoms in total. The molecule has 124 valence electrons. The summed E-state index contributed by atoms with van der Waals surface area (Å²) in [6.45, 7) is -0.200. The summed E-state index contributed by atoms with van der Waals surface area (Å²) in [5.74, 6) is -0.170. The van der Waals surface area contributed by atoms with Gasteiger partial charge in [-0.3, -0.25) is 4.79 Å². The Morgan fingerprint density at radius 3 is 2.52 bits per heavy atom. The maximum atomic E-state index is 12.4. The Bertz CT molecular complexity index is 624. The Kier molecular flexibility index (Phi) is 5.28. The fraction of sp³-hybridized carbons (Fsp3) is 0.267. The Morgan fingerprint density at radius 1 is 1.26 bits per heavy atom. The van der Waals surface area contributed by atoms with Crippen molar-refractivity contribution in [3.05, 3.63) is 53.9 Å². The van der Waals surface area contributed by atoms with Crippen molar-refractivity contribution in [2.75, 3.05) is 13.2 Å². The van der Waals surface area contributed by atoms with Gasteiger partial charge in [0.2, 0.25) is 0 Å². The molecule has 0 radical (unpaired) electrons. The number of hydrogen-bond acceptors (Lipinski definition) is 3. The molecule has 2 rings (SSSR count). The molecule has 1 aromatic heterocycles. The largest absolute Gasteiger partial charge is 0.491 e. The quantitative estimate of drug-likeness (QED) is 0.761. The van der Waals surface area contributed by atoms with Crippen LogP contribution in [0.15, 0.2) is 42.6 Å². The summed E-state index contributed by atoms with van der Waals surface area (Å²) >= 11 is 0. The lowest BCUT2D eigenvalue weighted by atomic mass is 10.2. The number of amides is 1. The van der Waals surface area contributed by atoms with Crippen molar-refractivity contribution < 1.29 is 27.8 Å². The van der Waals surface area contributed by atoms with Crippen molar-refractivity contribution in [1.29, 1.82) is 0 Å². The van der Waals surface area contributed by atoms with E-state index in [9.17, 15) is 23.1 Å². The first-order chi connectivity index (χ1) is 10.9. The zero-order valence-corrected chi connectivity index (χ0v) is 11.9. The molecule has 8 heteroatoms. The highest BCUT2D eigenvalue weighted by atomic mass is 19.4. The number of H-pyrrole nitrogens is 1. The van der Waals surface area contributed by atoms with Crippen molar-refractivity contribution in [2.45, 2.75) is 12.3 Å². The summed E-state index contributed by atoms with van der Waals surface area (Å²) in [7, 11) is 0. The number of aliphatic hydroxyl groups is 1. The molecule has 0 fully saturated rings. The lowest BCUT2D eigenvalue weighted by Gasteiger charge is -2.13. The van der Waals surface area contributed by atoms with E-state index in [2.05, 4.69) is 10.3 Å². The summed E-state index contributed by atoms with van der Waals surface area (Å²) in [6, 6.07) is 7.39. The number of aromatic nitrogens is 1. The molecule has 3 N–H and O–H groups in total. The van der Waals surface area contributed by atoms with Crippen LogP contribution < -0.4 is 10.1 Å². The third-order valence-corrected chi connectivity index (χ3v) is 2.96. The van der Waals surface area contributed by atoms with Crippen LogP contribution in [0.4, 0.5) is 13.2 Å². The summed E-state index contributed by atoms with van der Waals surface area (Å²) in [5.41, 5.74) is -0.413. The normalized spacial score (nSPS) is 12.7. The van der Waals surface area contributed by atoms with Gasteiger partial charge in [-0.2, -0.15) is 13.2 Å². The Hall–Kier alpha value is -2.48. The van der Waals surface area contributed by atoms with Crippen LogP contribution in [0.2, 0.25) is 0 Å². The van der Waals surface area contributed by atoms with E-state index in [1.165, 1.54) is 12.1 Å². The summed E-state index contributed by atoms with van der Waals surface area (Å²) in [5, 5.41) is 12.2. The van der Waals surface area contributed by atoms with E-state index >= 15 is 0 Å². The molecule has 0 saturated carbocycles. The topological polar surface area (TPSA) is 74.3 Å². The van der Waals surface area contributed by atoms with Gasteiger partial charge >= 0.3 is 6.18 Å². The van der Waals surface area contributed by atoms with E-state index in [-0.39, 0.29) is 24.8 Å². The zero-order valence-electron chi connectivity index (χ0n) is 11.9. The minimum Gasteiger partial charge on any atom is -0.491 e. The lowest BCUT2D eigenvalue weighted by molar-refractivity contribution is -0.137. The summed E-state index contributed by atoms with van der Waals surface area (Å²) in [6.07, 6.45) is -3.80. The highest BCUT2D eigenvalue weighted by Gasteiger charge is 2.30. The third-order valence-electron chi connectivity index (χ3n) is 2.96. The Labute approximate surface area is 130 Å². The lowest BCUT2D eigenvalue weighted by Crippen LogP contribution is -2.35. The van der Waals surface area contributed by atoms with Gasteiger partial charge in [0.15, 0.2) is 0 Å². The van der Waals surface area contributed by atoms with Gasteiger partial charge in [-0.05, 0) is 36.4 Å². The monoisotopic (exact) mass is 328 g/mol. The molecule has 23 heavy (non-hydrogen) atoms. The highest BCUT2D eigenvalue weighted by molar-refractivity contribution is 5.92. The first kappa shape index (κ1) is 16.9. The number of aliphatic hydroxyl groups excluding tert-OH is 1. The Morgan fingerprint density at radius 2 is 1.96 bits per heavy atom. The number of alkyl halides is 3. The molecule has 0 aliphatic carbocycles. The molecule has 1 aromatic carbocycles. The maximum Gasteiger partial charge on any atom is 0.416 e. The fourth-order valence-electron chi connectivity index (χ4n) is 1.77. The van der Waals surface area contributed by atoms with Crippen molar-refractivity contribution in [1.82, 2.24) is 10.3 Å². The van der Waals surface area contributed by atoms with Crippen LogP contribution in [0.1, 0.15) is 16.1 Å². The van der Waals surface area contributed by atoms with Crippen LogP contribution in [0, 0.1) is 0 Å². The van der Waals surface area contributed by atoms with E-state index in [4.69, 9.17) is 4.74 Å². The van der Waals surface area contributed by atoms with Gasteiger partial charge in [-0.15, -0.1) is 0 Å². The number of rotatable bonds is 6. The molecule has 0 aliphatic heterocycles. The van der Waals surface area contributed by atoms with Gasteiger partial charge in [0, 0.05) is 12.7 Å². The average Bonchev–Trinajstić information content (AvgIpc) is 3.04. The third kappa shape index (κ3) is 5.03. The fourth-order valence-corrected chi connectivity index (χ4v) is 1.77. The van der Waals surface area contributed by atoms with E-state index < -0.39 is 17.8 Å².